The second-order valence-corrected chi connectivity index (χ2v) is 23.5. The Balaban J connectivity index is 3.33. The quantitative estimate of drug-likeness (QED) is 0.0320. The zero-order chi connectivity index (χ0) is 55.0. The molecule has 6 heteroatoms. The van der Waals surface area contributed by atoms with Gasteiger partial charge in [-0.1, -0.05) is 339 Å². The maximum absolute atomic E-state index is 12.5. The van der Waals surface area contributed by atoms with E-state index >= 15 is 0 Å². The van der Waals surface area contributed by atoms with Crippen molar-refractivity contribution in [3.05, 3.63) is 36.5 Å². The van der Waals surface area contributed by atoms with E-state index in [1.54, 1.807) is 6.08 Å². The molecule has 0 aromatic rings. The van der Waals surface area contributed by atoms with Gasteiger partial charge in [0.05, 0.1) is 25.4 Å². The standard InChI is InChI=1S/C70H133NO5/c1-3-5-7-9-11-13-15-17-39-42-46-50-54-58-62-68(73)67(66-72)71-69(74)63-59-55-51-47-43-40-36-34-32-30-28-26-24-22-20-18-19-21-23-25-27-29-31-33-35-37-41-45-49-53-57-61-65-76-70(75)64-60-56-52-48-44-38-16-14-12-10-8-6-4-2/h8,10,14,16,58,62,67-68,72-73H,3-7,9,11-13,15,17-57,59-61,63-66H2,1-2H3,(H,71,74)/b10-8-,16-14-,62-58+. The van der Waals surface area contributed by atoms with E-state index in [2.05, 4.69) is 43.5 Å². The van der Waals surface area contributed by atoms with Crippen molar-refractivity contribution in [1.29, 1.82) is 0 Å². The molecule has 448 valence electrons. The largest absolute Gasteiger partial charge is 0.466 e. The minimum Gasteiger partial charge on any atom is -0.466 e. The SMILES string of the molecule is CCC/C=C\C/C=C\CCCCCCCC(=O)OCCCCCCCCCCCCCCCCCCCCCCCCCCCCCCCCCCC(=O)NC(CO)C(O)/C=C/CCCCCCCCCCCCCC. The molecule has 0 heterocycles. The van der Waals surface area contributed by atoms with Crippen molar-refractivity contribution in [3.63, 3.8) is 0 Å². The summed E-state index contributed by atoms with van der Waals surface area (Å²) in [6.45, 7) is 4.86. The van der Waals surface area contributed by atoms with Crippen LogP contribution in [0.3, 0.4) is 0 Å². The second-order valence-electron chi connectivity index (χ2n) is 23.5. The number of ether oxygens (including phenoxy) is 1. The van der Waals surface area contributed by atoms with Gasteiger partial charge in [0.2, 0.25) is 5.91 Å². The van der Waals surface area contributed by atoms with Crippen molar-refractivity contribution in [2.45, 2.75) is 386 Å². The van der Waals surface area contributed by atoms with Gasteiger partial charge in [0, 0.05) is 12.8 Å². The number of nitrogens with one attached hydrogen (secondary N) is 1. The summed E-state index contributed by atoms with van der Waals surface area (Å²) in [6.07, 6.45) is 83.7. The minimum atomic E-state index is -0.841. The van der Waals surface area contributed by atoms with E-state index in [4.69, 9.17) is 4.74 Å². The summed E-state index contributed by atoms with van der Waals surface area (Å²) in [5.74, 6) is -0.0563. The third kappa shape index (κ3) is 61.3. The first-order chi connectivity index (χ1) is 37.5. The molecule has 6 nitrogen and oxygen atoms in total. The monoisotopic (exact) mass is 1070 g/mol. The summed E-state index contributed by atoms with van der Waals surface area (Å²) >= 11 is 0. The summed E-state index contributed by atoms with van der Waals surface area (Å²) in [5, 5.41) is 23.1. The van der Waals surface area contributed by atoms with Crippen molar-refractivity contribution in [2.24, 2.45) is 0 Å². The Labute approximate surface area is 474 Å². The Morgan fingerprint density at radius 3 is 1.05 bits per heavy atom. The van der Waals surface area contributed by atoms with Gasteiger partial charge in [-0.2, -0.15) is 0 Å². The zero-order valence-corrected chi connectivity index (χ0v) is 51.3. The maximum atomic E-state index is 12.5. The van der Waals surface area contributed by atoms with Crippen LogP contribution in [0.25, 0.3) is 0 Å². The topological polar surface area (TPSA) is 95.9 Å². The predicted molar refractivity (Wildman–Crippen MR) is 333 cm³/mol. The normalized spacial score (nSPS) is 12.7. The van der Waals surface area contributed by atoms with Crippen LogP contribution in [0.2, 0.25) is 0 Å². The molecule has 0 aliphatic heterocycles. The molecule has 0 aliphatic carbocycles. The lowest BCUT2D eigenvalue weighted by molar-refractivity contribution is -0.143. The smallest absolute Gasteiger partial charge is 0.305 e. The van der Waals surface area contributed by atoms with Crippen LogP contribution >= 0.6 is 0 Å². The molecule has 3 N–H and O–H groups in total. The third-order valence-corrected chi connectivity index (χ3v) is 15.9. The Morgan fingerprint density at radius 2 is 0.684 bits per heavy atom. The number of allylic oxidation sites excluding steroid dienone is 5. The number of rotatable bonds is 64. The number of esters is 1. The van der Waals surface area contributed by atoms with Gasteiger partial charge in [0.15, 0.2) is 0 Å². The Morgan fingerprint density at radius 1 is 0.368 bits per heavy atom. The van der Waals surface area contributed by atoms with Gasteiger partial charge >= 0.3 is 5.97 Å². The van der Waals surface area contributed by atoms with Gasteiger partial charge in [-0.3, -0.25) is 9.59 Å². The van der Waals surface area contributed by atoms with Crippen LogP contribution in [-0.4, -0.2) is 47.4 Å². The zero-order valence-electron chi connectivity index (χ0n) is 51.3. The summed E-state index contributed by atoms with van der Waals surface area (Å²) < 4.78 is 5.48. The number of carbonyl (C=O) groups is 2. The number of hydrogen-bond donors (Lipinski definition) is 3. The molecule has 0 aromatic carbocycles. The average molecular weight is 1070 g/mol. The van der Waals surface area contributed by atoms with E-state index in [0.717, 1.165) is 51.4 Å². The molecular weight excluding hydrogens is 935 g/mol. The number of hydrogen-bond acceptors (Lipinski definition) is 5. The molecule has 0 bridgehead atoms. The minimum absolute atomic E-state index is 0.00562. The van der Waals surface area contributed by atoms with Crippen LogP contribution in [-0.2, 0) is 14.3 Å². The number of aliphatic hydroxyl groups excluding tert-OH is 2. The van der Waals surface area contributed by atoms with Crippen molar-refractivity contribution in [2.75, 3.05) is 13.2 Å². The van der Waals surface area contributed by atoms with Crippen LogP contribution in [0.4, 0.5) is 0 Å². The third-order valence-electron chi connectivity index (χ3n) is 15.9. The maximum Gasteiger partial charge on any atom is 0.305 e. The van der Waals surface area contributed by atoms with Crippen LogP contribution < -0.4 is 5.32 Å². The number of unbranched alkanes of at least 4 members (excludes halogenated alkanes) is 49. The van der Waals surface area contributed by atoms with Gasteiger partial charge in [-0.25, -0.2) is 0 Å². The van der Waals surface area contributed by atoms with E-state index in [1.165, 1.54) is 295 Å². The van der Waals surface area contributed by atoms with E-state index < -0.39 is 12.1 Å². The van der Waals surface area contributed by atoms with Crippen molar-refractivity contribution in [3.8, 4) is 0 Å². The highest BCUT2D eigenvalue weighted by molar-refractivity contribution is 5.76. The van der Waals surface area contributed by atoms with E-state index in [9.17, 15) is 19.8 Å². The molecule has 0 aromatic heterocycles. The molecular formula is C70H133NO5. The van der Waals surface area contributed by atoms with Gasteiger partial charge < -0.3 is 20.3 Å². The first-order valence-corrected chi connectivity index (χ1v) is 34.3. The van der Waals surface area contributed by atoms with Crippen molar-refractivity contribution in [1.82, 2.24) is 5.32 Å². The van der Waals surface area contributed by atoms with Crippen molar-refractivity contribution < 1.29 is 24.5 Å². The Bertz CT molecular complexity index is 1230. The number of amides is 1. The molecule has 1 amide bonds. The van der Waals surface area contributed by atoms with Gasteiger partial charge in [-0.05, 0) is 57.8 Å². The number of aliphatic hydroxyl groups is 2. The Kier molecular flexibility index (Phi) is 63.9. The predicted octanol–water partition coefficient (Wildman–Crippen LogP) is 21.9. The lowest BCUT2D eigenvalue weighted by Gasteiger charge is -2.20. The highest BCUT2D eigenvalue weighted by Gasteiger charge is 2.18. The first-order valence-electron chi connectivity index (χ1n) is 34.3. The molecule has 76 heavy (non-hydrogen) atoms. The fraction of sp³-hybridized carbons (Fsp3) is 0.886. The van der Waals surface area contributed by atoms with Crippen LogP contribution in [0.1, 0.15) is 373 Å². The fourth-order valence-electron chi connectivity index (χ4n) is 10.7. The lowest BCUT2D eigenvalue weighted by Crippen LogP contribution is -2.45. The van der Waals surface area contributed by atoms with Gasteiger partial charge in [0.25, 0.3) is 0 Å². The summed E-state index contributed by atoms with van der Waals surface area (Å²) in [6, 6.07) is -0.624. The molecule has 0 fully saturated rings. The summed E-state index contributed by atoms with van der Waals surface area (Å²) in [4.78, 5) is 24.5. The van der Waals surface area contributed by atoms with E-state index in [1.807, 2.05) is 6.08 Å². The summed E-state index contributed by atoms with van der Waals surface area (Å²) in [5.41, 5.74) is 0. The fourth-order valence-corrected chi connectivity index (χ4v) is 10.7. The number of carbonyl (C=O) groups excluding carboxylic acids is 2. The summed E-state index contributed by atoms with van der Waals surface area (Å²) in [7, 11) is 0. The Hall–Kier alpha value is -1.92. The molecule has 0 spiro atoms. The van der Waals surface area contributed by atoms with Gasteiger partial charge in [-0.15, -0.1) is 0 Å². The second kappa shape index (κ2) is 65.6. The van der Waals surface area contributed by atoms with Crippen LogP contribution in [0, 0.1) is 0 Å². The van der Waals surface area contributed by atoms with E-state index in [0.29, 0.717) is 19.4 Å². The van der Waals surface area contributed by atoms with Crippen LogP contribution in [0.15, 0.2) is 36.5 Å². The molecule has 0 saturated carbocycles. The molecule has 0 rings (SSSR count). The highest BCUT2D eigenvalue weighted by atomic mass is 16.5. The first kappa shape index (κ1) is 74.1. The highest BCUT2D eigenvalue weighted by Crippen LogP contribution is 2.19. The molecule has 2 atom stereocenters. The van der Waals surface area contributed by atoms with Crippen molar-refractivity contribution >= 4 is 11.9 Å². The molecule has 0 radical (unpaired) electrons. The average Bonchev–Trinajstić information content (AvgIpc) is 3.42. The molecule has 0 saturated heterocycles. The lowest BCUT2D eigenvalue weighted by atomic mass is 10.0. The molecule has 2 unspecified atom stereocenters. The van der Waals surface area contributed by atoms with Gasteiger partial charge in [0.1, 0.15) is 0 Å². The van der Waals surface area contributed by atoms with E-state index in [-0.39, 0.29) is 18.5 Å². The molecule has 0 aliphatic rings. The van der Waals surface area contributed by atoms with Crippen LogP contribution in [0.5, 0.6) is 0 Å².